The number of rotatable bonds is 3. The Kier molecular flexibility index (Phi) is 6.26. The van der Waals surface area contributed by atoms with Crippen LogP contribution in [0.15, 0.2) is 32.8 Å². The van der Waals surface area contributed by atoms with Crippen LogP contribution in [0.25, 0.3) is 5.69 Å². The molecule has 7 nitrogen and oxygen atoms in total. The number of carbonyl (C=O) groups excluding carboxylic acids is 1. The number of carbonyl (C=O) groups is 1. The Balaban J connectivity index is 2.21. The number of nitrogens with zero attached hydrogens (tertiary/aromatic N) is 4. The summed E-state index contributed by atoms with van der Waals surface area (Å²) in [7, 11) is 0.802. The van der Waals surface area contributed by atoms with Gasteiger partial charge in [0.15, 0.2) is 5.17 Å². The van der Waals surface area contributed by atoms with Crippen LogP contribution >= 0.6 is 23.4 Å². The molecule has 2 heterocycles. The zero-order valence-corrected chi connectivity index (χ0v) is 18.0. The van der Waals surface area contributed by atoms with E-state index in [0.717, 1.165) is 30.9 Å². The topological polar surface area (TPSA) is 76.7 Å². The van der Waals surface area contributed by atoms with Gasteiger partial charge in [-0.1, -0.05) is 29.3 Å². The first kappa shape index (κ1) is 23.6. The van der Waals surface area contributed by atoms with E-state index < -0.39 is 40.7 Å². The van der Waals surface area contributed by atoms with Crippen molar-refractivity contribution < 1.29 is 22.4 Å². The van der Waals surface area contributed by atoms with E-state index in [-0.39, 0.29) is 42.7 Å². The first-order valence-electron chi connectivity index (χ1n) is 8.76. The third kappa shape index (κ3) is 4.18. The molecular formula is C19H13ClF4N4O3S. The quantitative estimate of drug-likeness (QED) is 0.492. The van der Waals surface area contributed by atoms with E-state index in [9.17, 15) is 31.9 Å². The molecule has 1 unspecified atom stereocenters. The van der Waals surface area contributed by atoms with Crippen molar-refractivity contribution in [1.29, 1.82) is 0 Å². The van der Waals surface area contributed by atoms with Crippen molar-refractivity contribution in [3.8, 4) is 18.0 Å². The van der Waals surface area contributed by atoms with Gasteiger partial charge < -0.3 is 0 Å². The molecule has 13 heteroatoms. The van der Waals surface area contributed by atoms with Crippen molar-refractivity contribution in [1.82, 2.24) is 14.0 Å². The fourth-order valence-corrected chi connectivity index (χ4v) is 4.07. The van der Waals surface area contributed by atoms with Crippen LogP contribution < -0.4 is 11.2 Å². The molecule has 0 spiro atoms. The Morgan fingerprint density at radius 3 is 2.50 bits per heavy atom. The fourth-order valence-electron chi connectivity index (χ4n) is 2.92. The summed E-state index contributed by atoms with van der Waals surface area (Å²) in [6, 6.07) is 1.24. The van der Waals surface area contributed by atoms with Crippen LogP contribution in [0.4, 0.5) is 23.2 Å². The number of alkyl halides is 3. The minimum absolute atomic E-state index is 0.0510. The van der Waals surface area contributed by atoms with Gasteiger partial charge in [0.2, 0.25) is 5.91 Å². The molecule has 1 fully saturated rings. The molecule has 32 heavy (non-hydrogen) atoms. The number of hydrogen-bond donors (Lipinski definition) is 0. The highest BCUT2D eigenvalue weighted by Crippen LogP contribution is 2.33. The lowest BCUT2D eigenvalue weighted by Gasteiger charge is -2.19. The van der Waals surface area contributed by atoms with Crippen LogP contribution in [0, 0.1) is 18.2 Å². The summed E-state index contributed by atoms with van der Waals surface area (Å²) in [6.07, 6.45) is 0.404. The van der Waals surface area contributed by atoms with Crippen molar-refractivity contribution in [2.24, 2.45) is 12.0 Å². The molecule has 0 aliphatic carbocycles. The molecule has 0 saturated carbocycles. The number of hydrogen-bond acceptors (Lipinski definition) is 5. The van der Waals surface area contributed by atoms with Crippen molar-refractivity contribution in [3.63, 3.8) is 0 Å². The maximum absolute atomic E-state index is 14.6. The second-order valence-electron chi connectivity index (χ2n) is 6.59. The summed E-state index contributed by atoms with van der Waals surface area (Å²) < 4.78 is 54.2. The van der Waals surface area contributed by atoms with Gasteiger partial charge in [-0.15, -0.1) is 6.42 Å². The van der Waals surface area contributed by atoms with E-state index in [1.165, 1.54) is 4.90 Å². The molecule has 1 aliphatic rings. The molecule has 1 amide bonds. The summed E-state index contributed by atoms with van der Waals surface area (Å²) in [5.74, 6) is 0.989. The van der Waals surface area contributed by atoms with Gasteiger partial charge in [0.05, 0.1) is 28.2 Å². The van der Waals surface area contributed by atoms with E-state index in [2.05, 4.69) is 10.9 Å². The first-order valence-corrected chi connectivity index (χ1v) is 10.1. The van der Waals surface area contributed by atoms with Gasteiger partial charge in [0.1, 0.15) is 11.5 Å². The number of amides is 1. The number of halogens is 5. The summed E-state index contributed by atoms with van der Waals surface area (Å²) >= 11 is 7.09. The average Bonchev–Trinajstić information content (AvgIpc) is 3.06. The van der Waals surface area contributed by atoms with Gasteiger partial charge in [0.25, 0.3) is 5.56 Å². The van der Waals surface area contributed by atoms with Crippen LogP contribution in [0.3, 0.4) is 0 Å². The van der Waals surface area contributed by atoms with Gasteiger partial charge in [-0.25, -0.2) is 18.7 Å². The lowest BCUT2D eigenvalue weighted by Crippen LogP contribution is -2.41. The predicted molar refractivity (Wildman–Crippen MR) is 112 cm³/mol. The van der Waals surface area contributed by atoms with Crippen LogP contribution in [0.5, 0.6) is 0 Å². The predicted octanol–water partition coefficient (Wildman–Crippen LogP) is 2.93. The van der Waals surface area contributed by atoms with Crippen LogP contribution in [0.1, 0.15) is 12.6 Å². The molecule has 0 bridgehead atoms. The van der Waals surface area contributed by atoms with E-state index >= 15 is 0 Å². The van der Waals surface area contributed by atoms with Gasteiger partial charge in [-0.3, -0.25) is 19.1 Å². The standard InChI is InChI=1S/C19H13ClF4N4O3S/c1-4-9(2)27-16(30)8-32-17(27)25-12-6-13(11(21)5-10(12)20)28-15(29)7-14(19(22,23)24)26(3)18(28)31/h1,5-7,9H,8H2,2-3H3/b25-17-. The zero-order chi connectivity index (χ0) is 24.0. The van der Waals surface area contributed by atoms with E-state index in [4.69, 9.17) is 18.0 Å². The molecule has 1 aliphatic heterocycles. The van der Waals surface area contributed by atoms with Crippen LogP contribution in [0.2, 0.25) is 5.02 Å². The highest BCUT2D eigenvalue weighted by atomic mass is 35.5. The van der Waals surface area contributed by atoms with Crippen molar-refractivity contribution in [2.75, 3.05) is 5.75 Å². The minimum atomic E-state index is -4.97. The van der Waals surface area contributed by atoms with Crippen molar-refractivity contribution >= 4 is 40.1 Å². The molecular weight excluding hydrogens is 476 g/mol. The van der Waals surface area contributed by atoms with Crippen LogP contribution in [-0.4, -0.2) is 36.9 Å². The van der Waals surface area contributed by atoms with E-state index in [0.29, 0.717) is 0 Å². The van der Waals surface area contributed by atoms with Gasteiger partial charge in [-0.2, -0.15) is 13.2 Å². The fraction of sp³-hybridized carbons (Fsp3) is 0.263. The lowest BCUT2D eigenvalue weighted by molar-refractivity contribution is -0.144. The molecule has 168 valence electrons. The second kappa shape index (κ2) is 8.48. The van der Waals surface area contributed by atoms with Gasteiger partial charge >= 0.3 is 11.9 Å². The molecule has 1 atom stereocenters. The second-order valence-corrected chi connectivity index (χ2v) is 7.94. The zero-order valence-electron chi connectivity index (χ0n) is 16.4. The van der Waals surface area contributed by atoms with E-state index in [1.54, 1.807) is 6.92 Å². The van der Waals surface area contributed by atoms with Gasteiger partial charge in [-0.05, 0) is 19.1 Å². The maximum atomic E-state index is 14.6. The SMILES string of the molecule is C#CC(C)N1C(=O)CS/C1=N\c1cc(-n2c(=O)cc(C(F)(F)F)n(C)c2=O)c(F)cc1Cl. The molecule has 1 aromatic heterocycles. The molecule has 1 saturated heterocycles. The summed E-state index contributed by atoms with van der Waals surface area (Å²) in [6.45, 7) is 1.59. The Bertz CT molecular complexity index is 1310. The molecule has 1 aromatic carbocycles. The molecule has 3 rings (SSSR count). The highest BCUT2D eigenvalue weighted by Gasteiger charge is 2.35. The molecule has 0 radical (unpaired) electrons. The third-order valence-electron chi connectivity index (χ3n) is 4.51. The highest BCUT2D eigenvalue weighted by molar-refractivity contribution is 8.15. The lowest BCUT2D eigenvalue weighted by atomic mass is 10.2. The number of amidine groups is 1. The first-order chi connectivity index (χ1) is 14.9. The summed E-state index contributed by atoms with van der Waals surface area (Å²) in [4.78, 5) is 42.3. The van der Waals surface area contributed by atoms with Crippen molar-refractivity contribution in [3.05, 3.63) is 55.6 Å². The minimum Gasteiger partial charge on any atom is -0.292 e. The Hall–Kier alpha value is -3.04. The van der Waals surface area contributed by atoms with E-state index in [1.807, 2.05) is 0 Å². The number of aliphatic imine (C=N–C) groups is 1. The number of aromatic nitrogens is 2. The monoisotopic (exact) mass is 488 g/mol. The molecule has 0 N–H and O–H groups in total. The number of benzene rings is 1. The molecule has 2 aromatic rings. The summed E-state index contributed by atoms with van der Waals surface area (Å²) in [5.41, 5.74) is -5.08. The van der Waals surface area contributed by atoms with Crippen molar-refractivity contribution in [2.45, 2.75) is 19.1 Å². The maximum Gasteiger partial charge on any atom is 0.431 e. The van der Waals surface area contributed by atoms with Crippen LogP contribution in [-0.2, 0) is 18.0 Å². The Morgan fingerprint density at radius 1 is 1.25 bits per heavy atom. The smallest absolute Gasteiger partial charge is 0.292 e. The number of terminal acetylenes is 1. The summed E-state index contributed by atoms with van der Waals surface area (Å²) in [5, 5.41) is -0.0589. The Labute approximate surface area is 187 Å². The normalized spacial score (nSPS) is 16.5. The van der Waals surface area contributed by atoms with Gasteiger partial charge in [0, 0.05) is 13.1 Å². The Morgan fingerprint density at radius 2 is 1.91 bits per heavy atom. The number of thioether (sulfide) groups is 1. The third-order valence-corrected chi connectivity index (χ3v) is 5.75. The average molecular weight is 489 g/mol. The largest absolute Gasteiger partial charge is 0.431 e.